The molecule has 18 heavy (non-hydrogen) atoms. The number of aliphatic carboxylic acids is 1. The fourth-order valence-corrected chi connectivity index (χ4v) is 1.70. The van der Waals surface area contributed by atoms with Crippen LogP contribution in [0.4, 0.5) is 13.2 Å². The molecular formula is C12H13F3O3. The van der Waals surface area contributed by atoms with Crippen molar-refractivity contribution >= 4 is 5.97 Å². The van der Waals surface area contributed by atoms with Gasteiger partial charge in [0.05, 0.1) is 12.0 Å². The number of carboxylic acid groups (broad SMARTS) is 1. The van der Waals surface area contributed by atoms with E-state index in [-0.39, 0.29) is 19.4 Å². The lowest BCUT2D eigenvalue weighted by molar-refractivity contribution is -0.138. The van der Waals surface area contributed by atoms with Gasteiger partial charge in [-0.15, -0.1) is 0 Å². The Kier molecular flexibility index (Phi) is 4.72. The van der Waals surface area contributed by atoms with Crippen LogP contribution in [-0.4, -0.2) is 22.8 Å². The minimum atomic E-state index is -4.40. The summed E-state index contributed by atoms with van der Waals surface area (Å²) in [6.07, 6.45) is -4.42. The fourth-order valence-electron chi connectivity index (χ4n) is 1.70. The fraction of sp³-hybridized carbons (Fsp3) is 0.417. The summed E-state index contributed by atoms with van der Waals surface area (Å²) in [5.74, 6) is -1.52. The first kappa shape index (κ1) is 14.5. The minimum Gasteiger partial charge on any atom is -0.481 e. The molecule has 1 aromatic rings. The van der Waals surface area contributed by atoms with E-state index in [0.717, 1.165) is 12.1 Å². The summed E-state index contributed by atoms with van der Waals surface area (Å²) in [5.41, 5.74) is -0.288. The number of benzene rings is 1. The van der Waals surface area contributed by atoms with Crippen LogP contribution in [0.5, 0.6) is 0 Å². The van der Waals surface area contributed by atoms with Crippen LogP contribution in [0.15, 0.2) is 24.3 Å². The quantitative estimate of drug-likeness (QED) is 0.857. The lowest BCUT2D eigenvalue weighted by atomic mass is 9.92. The van der Waals surface area contributed by atoms with Crippen LogP contribution in [0.2, 0.25) is 0 Å². The van der Waals surface area contributed by atoms with Crippen LogP contribution >= 0.6 is 0 Å². The van der Waals surface area contributed by atoms with Crippen molar-refractivity contribution in [3.63, 3.8) is 0 Å². The zero-order valence-corrected chi connectivity index (χ0v) is 9.44. The van der Waals surface area contributed by atoms with E-state index in [9.17, 15) is 18.0 Å². The third-order valence-corrected chi connectivity index (χ3v) is 2.61. The van der Waals surface area contributed by atoms with E-state index < -0.39 is 23.6 Å². The number of alkyl halides is 3. The molecule has 0 fully saturated rings. The zero-order valence-electron chi connectivity index (χ0n) is 9.44. The molecule has 0 spiro atoms. The highest BCUT2D eigenvalue weighted by atomic mass is 19.4. The van der Waals surface area contributed by atoms with Gasteiger partial charge in [-0.1, -0.05) is 12.1 Å². The van der Waals surface area contributed by atoms with Gasteiger partial charge < -0.3 is 10.2 Å². The average molecular weight is 262 g/mol. The molecule has 100 valence electrons. The summed E-state index contributed by atoms with van der Waals surface area (Å²) in [7, 11) is 0. The smallest absolute Gasteiger partial charge is 0.416 e. The van der Waals surface area contributed by atoms with Crippen molar-refractivity contribution < 1.29 is 28.2 Å². The Bertz CT molecular complexity index is 398. The second-order valence-corrected chi connectivity index (χ2v) is 3.93. The summed E-state index contributed by atoms with van der Waals surface area (Å²) in [4.78, 5) is 10.6. The molecule has 0 aliphatic rings. The predicted molar refractivity (Wildman–Crippen MR) is 58.1 cm³/mol. The molecule has 0 heterocycles. The Hall–Kier alpha value is -1.56. The number of rotatable bonds is 5. The molecule has 0 amide bonds. The number of aliphatic hydroxyl groups is 1. The van der Waals surface area contributed by atoms with E-state index in [1.54, 1.807) is 0 Å². The van der Waals surface area contributed by atoms with Crippen LogP contribution in [0.25, 0.3) is 0 Å². The second kappa shape index (κ2) is 5.86. The molecule has 0 radical (unpaired) electrons. The predicted octanol–water partition coefficient (Wildman–Crippen LogP) is 2.65. The Morgan fingerprint density at radius 2 is 1.78 bits per heavy atom. The Labute approximate surface area is 102 Å². The van der Waals surface area contributed by atoms with Crippen LogP contribution in [-0.2, 0) is 11.0 Å². The van der Waals surface area contributed by atoms with Crippen molar-refractivity contribution in [3.05, 3.63) is 35.4 Å². The Morgan fingerprint density at radius 3 is 2.17 bits per heavy atom. The molecule has 2 N–H and O–H groups in total. The first-order valence-electron chi connectivity index (χ1n) is 5.34. The molecule has 0 aliphatic carbocycles. The van der Waals surface area contributed by atoms with Gasteiger partial charge in [-0.3, -0.25) is 4.79 Å². The third kappa shape index (κ3) is 4.03. The summed E-state index contributed by atoms with van der Waals surface area (Å²) in [5, 5.41) is 17.5. The minimum absolute atomic E-state index is 0.206. The van der Waals surface area contributed by atoms with Gasteiger partial charge >= 0.3 is 12.1 Å². The number of carboxylic acids is 1. The molecule has 0 aliphatic heterocycles. The Balaban J connectivity index is 2.90. The first-order valence-corrected chi connectivity index (χ1v) is 5.34. The van der Waals surface area contributed by atoms with Crippen molar-refractivity contribution in [1.29, 1.82) is 0 Å². The summed E-state index contributed by atoms with van der Waals surface area (Å²) in [6.45, 7) is -0.209. The molecule has 0 bridgehead atoms. The van der Waals surface area contributed by atoms with Gasteiger partial charge in [0.25, 0.3) is 0 Å². The molecule has 1 unspecified atom stereocenters. The molecule has 6 heteroatoms. The van der Waals surface area contributed by atoms with Gasteiger partial charge in [0.1, 0.15) is 0 Å². The molecule has 3 nitrogen and oxygen atoms in total. The van der Waals surface area contributed by atoms with Gasteiger partial charge in [0.15, 0.2) is 0 Å². The van der Waals surface area contributed by atoms with Crippen LogP contribution in [0.3, 0.4) is 0 Å². The van der Waals surface area contributed by atoms with Crippen LogP contribution in [0, 0.1) is 0 Å². The lowest BCUT2D eigenvalue weighted by Crippen LogP contribution is -2.09. The van der Waals surface area contributed by atoms with Crippen molar-refractivity contribution in [1.82, 2.24) is 0 Å². The largest absolute Gasteiger partial charge is 0.481 e. The standard InChI is InChI=1S/C12H13F3O3/c13-12(14,15)10-3-1-8(2-4-10)9(5-6-16)7-11(17)18/h1-4,9,16H,5-7H2,(H,17,18). The van der Waals surface area contributed by atoms with Gasteiger partial charge in [0.2, 0.25) is 0 Å². The maximum atomic E-state index is 12.3. The van der Waals surface area contributed by atoms with Gasteiger partial charge in [-0.2, -0.15) is 13.2 Å². The highest BCUT2D eigenvalue weighted by Crippen LogP contribution is 2.31. The first-order chi connectivity index (χ1) is 8.34. The summed E-state index contributed by atoms with van der Waals surface area (Å²) < 4.78 is 37.0. The van der Waals surface area contributed by atoms with Gasteiger partial charge in [-0.05, 0) is 30.0 Å². The maximum Gasteiger partial charge on any atom is 0.416 e. The van der Waals surface area contributed by atoms with E-state index in [4.69, 9.17) is 10.2 Å². The molecule has 1 rings (SSSR count). The van der Waals surface area contributed by atoms with Crippen molar-refractivity contribution in [2.75, 3.05) is 6.61 Å². The molecule has 1 atom stereocenters. The third-order valence-electron chi connectivity index (χ3n) is 2.61. The van der Waals surface area contributed by atoms with Crippen molar-refractivity contribution in [3.8, 4) is 0 Å². The molecule has 1 aromatic carbocycles. The van der Waals surface area contributed by atoms with Crippen LogP contribution < -0.4 is 0 Å². The number of aliphatic hydroxyl groups excluding tert-OH is 1. The topological polar surface area (TPSA) is 57.5 Å². The summed E-state index contributed by atoms with van der Waals surface area (Å²) >= 11 is 0. The van der Waals surface area contributed by atoms with E-state index in [1.807, 2.05) is 0 Å². The second-order valence-electron chi connectivity index (χ2n) is 3.93. The highest BCUT2D eigenvalue weighted by molar-refractivity contribution is 5.68. The molecule has 0 aromatic heterocycles. The van der Waals surface area contributed by atoms with Gasteiger partial charge in [0, 0.05) is 6.61 Å². The lowest BCUT2D eigenvalue weighted by Gasteiger charge is -2.15. The molecule has 0 saturated heterocycles. The van der Waals surface area contributed by atoms with E-state index >= 15 is 0 Å². The van der Waals surface area contributed by atoms with Crippen molar-refractivity contribution in [2.45, 2.75) is 24.9 Å². The highest BCUT2D eigenvalue weighted by Gasteiger charge is 2.30. The number of hydrogen-bond donors (Lipinski definition) is 2. The van der Waals surface area contributed by atoms with E-state index in [1.165, 1.54) is 12.1 Å². The maximum absolute atomic E-state index is 12.3. The van der Waals surface area contributed by atoms with Crippen molar-refractivity contribution in [2.24, 2.45) is 0 Å². The molecule has 0 saturated carbocycles. The normalized spacial score (nSPS) is 13.3. The zero-order chi connectivity index (χ0) is 13.8. The summed E-state index contributed by atoms with van der Waals surface area (Å²) in [6, 6.07) is 4.35. The van der Waals surface area contributed by atoms with E-state index in [2.05, 4.69) is 0 Å². The SMILES string of the molecule is O=C(O)CC(CCO)c1ccc(C(F)(F)F)cc1. The number of hydrogen-bond acceptors (Lipinski definition) is 2. The van der Waals surface area contributed by atoms with Gasteiger partial charge in [-0.25, -0.2) is 0 Å². The average Bonchev–Trinajstić information content (AvgIpc) is 2.27. The number of halogens is 3. The van der Waals surface area contributed by atoms with Crippen LogP contribution in [0.1, 0.15) is 29.9 Å². The molecular weight excluding hydrogens is 249 g/mol. The number of carbonyl (C=O) groups is 1. The Morgan fingerprint density at radius 1 is 1.22 bits per heavy atom. The van der Waals surface area contributed by atoms with E-state index in [0.29, 0.717) is 5.56 Å². The monoisotopic (exact) mass is 262 g/mol.